The molecule has 0 radical (unpaired) electrons. The molecular formula is C11H16AsN5O5. The molecule has 0 bridgehead atoms. The van der Waals surface area contributed by atoms with Crippen LogP contribution in [0, 0.1) is 0 Å². The molecular weight excluding hydrogens is 357 g/mol. The van der Waals surface area contributed by atoms with Gasteiger partial charge in [-0.15, -0.1) is 0 Å². The number of nitrogens with one attached hydrogen (secondary N) is 1. The van der Waals surface area contributed by atoms with Crippen LogP contribution in [0.5, 0.6) is 0 Å². The van der Waals surface area contributed by atoms with E-state index < -0.39 is 31.1 Å². The van der Waals surface area contributed by atoms with Crippen LogP contribution in [0.3, 0.4) is 0 Å². The monoisotopic (exact) mass is 373 g/mol. The van der Waals surface area contributed by atoms with Crippen molar-refractivity contribution in [1.29, 1.82) is 0 Å². The van der Waals surface area contributed by atoms with Crippen molar-refractivity contribution >= 4 is 38.4 Å². The summed E-state index contributed by atoms with van der Waals surface area (Å²) in [5.41, 5.74) is 3.50. The molecule has 3 heterocycles. The van der Waals surface area contributed by atoms with Crippen molar-refractivity contribution in [3.8, 4) is 0 Å². The van der Waals surface area contributed by atoms with Crippen LogP contribution in [0.15, 0.2) is 6.33 Å². The average molecular weight is 373 g/mol. The van der Waals surface area contributed by atoms with Crippen molar-refractivity contribution in [2.45, 2.75) is 24.5 Å². The predicted octanol–water partition coefficient (Wildman–Crippen LogP) is -3.33. The van der Waals surface area contributed by atoms with Gasteiger partial charge < -0.3 is 0 Å². The number of fused-ring (bicyclic) bond motifs is 1. The summed E-state index contributed by atoms with van der Waals surface area (Å²) in [5, 5.41) is 29.1. The van der Waals surface area contributed by atoms with Gasteiger partial charge in [-0.2, -0.15) is 0 Å². The molecule has 3 rings (SSSR count). The fraction of sp³-hybridized carbons (Fsp3) is 0.545. The Labute approximate surface area is 133 Å². The van der Waals surface area contributed by atoms with E-state index in [1.807, 2.05) is 0 Å². The third-order valence-electron chi connectivity index (χ3n) is 3.43. The van der Waals surface area contributed by atoms with E-state index in [0.29, 0.717) is 21.6 Å². The standard InChI is InChI=1S/C11H16AsN5O5/c1-21-16-8-5-9(15-11(12)14-8)17(3-13-5)10-7(20)6(19)4(2-18)22-10/h3-4,6-7,10,18-20H,2,12H2,1H3,(H,14,15,16)/t4-,6-,7-,10-/m1/s1. The van der Waals surface area contributed by atoms with E-state index in [9.17, 15) is 15.3 Å². The molecule has 4 N–H and O–H groups in total. The molecule has 0 aliphatic carbocycles. The van der Waals surface area contributed by atoms with Gasteiger partial charge in [0, 0.05) is 0 Å². The van der Waals surface area contributed by atoms with Crippen molar-refractivity contribution < 1.29 is 24.9 Å². The normalized spacial score (nSPS) is 28.4. The molecule has 1 unspecified atom stereocenters. The van der Waals surface area contributed by atoms with Gasteiger partial charge in [0.25, 0.3) is 0 Å². The Morgan fingerprint density at radius 3 is 2.82 bits per heavy atom. The first-order valence-corrected chi connectivity index (χ1v) is 7.69. The molecule has 11 heteroatoms. The van der Waals surface area contributed by atoms with Crippen molar-refractivity contribution in [3.63, 3.8) is 0 Å². The van der Waals surface area contributed by atoms with Crippen LogP contribution >= 0.6 is 0 Å². The fourth-order valence-corrected chi connectivity index (χ4v) is 2.92. The van der Waals surface area contributed by atoms with Crippen LogP contribution in [0.2, 0.25) is 0 Å². The Morgan fingerprint density at radius 1 is 1.41 bits per heavy atom. The molecule has 2 aromatic rings. The number of hydrogen-bond acceptors (Lipinski definition) is 9. The van der Waals surface area contributed by atoms with E-state index in [0.717, 1.165) is 0 Å². The Bertz CT molecular complexity index is 682. The Morgan fingerprint density at radius 2 is 2.18 bits per heavy atom. The van der Waals surface area contributed by atoms with Gasteiger partial charge in [-0.05, 0) is 0 Å². The van der Waals surface area contributed by atoms with Gasteiger partial charge in [0.1, 0.15) is 0 Å². The summed E-state index contributed by atoms with van der Waals surface area (Å²) in [4.78, 5) is 17.6. The zero-order valence-corrected chi connectivity index (χ0v) is 14.0. The van der Waals surface area contributed by atoms with E-state index >= 15 is 0 Å². The van der Waals surface area contributed by atoms with Gasteiger partial charge >= 0.3 is 133 Å². The summed E-state index contributed by atoms with van der Waals surface area (Å²) < 4.78 is 7.53. The maximum absolute atomic E-state index is 10.1. The average Bonchev–Trinajstić information content (AvgIpc) is 3.02. The molecule has 1 aliphatic heterocycles. The first kappa shape index (κ1) is 15.6. The number of hydrogen-bond donors (Lipinski definition) is 4. The minimum absolute atomic E-state index is 0.394. The van der Waals surface area contributed by atoms with Gasteiger partial charge in [0.15, 0.2) is 0 Å². The number of aromatic nitrogens is 4. The molecule has 0 aromatic carbocycles. The predicted molar refractivity (Wildman–Crippen MR) is 77.1 cm³/mol. The molecule has 0 saturated carbocycles. The van der Waals surface area contributed by atoms with E-state index in [-0.39, 0.29) is 0 Å². The molecule has 1 fully saturated rings. The van der Waals surface area contributed by atoms with Gasteiger partial charge in [0.05, 0.1) is 0 Å². The Balaban J connectivity index is 2.05. The van der Waals surface area contributed by atoms with Crippen LogP contribution in [0.25, 0.3) is 11.2 Å². The molecule has 0 spiro atoms. The number of imidazole rings is 1. The van der Waals surface area contributed by atoms with Crippen LogP contribution < -0.4 is 10.1 Å². The second-order valence-corrected chi connectivity index (χ2v) is 5.87. The first-order chi connectivity index (χ1) is 10.6. The van der Waals surface area contributed by atoms with E-state index in [2.05, 4.69) is 20.4 Å². The van der Waals surface area contributed by atoms with E-state index in [4.69, 9.17) is 9.57 Å². The van der Waals surface area contributed by atoms with Crippen molar-refractivity contribution in [3.05, 3.63) is 6.33 Å². The third-order valence-corrected chi connectivity index (χ3v) is 3.97. The number of ether oxygens (including phenoxy) is 1. The minimum atomic E-state index is -1.20. The van der Waals surface area contributed by atoms with E-state index in [1.165, 1.54) is 34.9 Å². The summed E-state index contributed by atoms with van der Waals surface area (Å²) in [6.07, 6.45) is -2.70. The van der Waals surface area contributed by atoms with E-state index in [1.54, 1.807) is 0 Å². The van der Waals surface area contributed by atoms with Crippen LogP contribution in [0.4, 0.5) is 5.82 Å². The number of nitrogens with zero attached hydrogens (tertiary/aromatic N) is 4. The number of aliphatic hydroxyl groups excluding tert-OH is 3. The maximum atomic E-state index is 10.1. The zero-order chi connectivity index (χ0) is 15.9. The quantitative estimate of drug-likeness (QED) is 0.321. The van der Waals surface area contributed by atoms with Crippen LogP contribution in [-0.2, 0) is 9.57 Å². The number of rotatable bonds is 4. The SMILES string of the molecule is CONc1nc([AsH2])nc2c1ncn2[C@@H]1O[C@H](CO)[C@@H](O)[C@H]1O. The van der Waals surface area contributed by atoms with Crippen LogP contribution in [0.1, 0.15) is 6.23 Å². The van der Waals surface area contributed by atoms with Crippen LogP contribution in [-0.4, -0.2) is 83.7 Å². The molecule has 0 amide bonds. The molecule has 10 nitrogen and oxygen atoms in total. The van der Waals surface area contributed by atoms with Gasteiger partial charge in [-0.25, -0.2) is 0 Å². The summed E-state index contributed by atoms with van der Waals surface area (Å²) in [6.45, 7) is -0.394. The molecule has 120 valence electrons. The van der Waals surface area contributed by atoms with Crippen molar-refractivity contribution in [1.82, 2.24) is 19.5 Å². The van der Waals surface area contributed by atoms with Gasteiger partial charge in [-0.1, -0.05) is 0 Å². The molecule has 1 aliphatic rings. The Kier molecular flexibility index (Phi) is 4.30. The summed E-state index contributed by atoms with van der Waals surface area (Å²) >= 11 is 1.21. The van der Waals surface area contributed by atoms with Gasteiger partial charge in [0.2, 0.25) is 0 Å². The molecule has 5 atom stereocenters. The first-order valence-electron chi connectivity index (χ1n) is 6.48. The van der Waals surface area contributed by atoms with Crippen molar-refractivity contribution in [2.75, 3.05) is 19.2 Å². The number of anilines is 1. The summed E-state index contributed by atoms with van der Waals surface area (Å²) in [5.74, 6) is 0.400. The Hall–Kier alpha value is -1.29. The summed E-state index contributed by atoms with van der Waals surface area (Å²) in [7, 11) is 1.46. The zero-order valence-electron chi connectivity index (χ0n) is 11.6. The second-order valence-electron chi connectivity index (χ2n) is 4.79. The molecule has 22 heavy (non-hydrogen) atoms. The molecule has 2 aromatic heterocycles. The number of aliphatic hydroxyl groups is 3. The third kappa shape index (κ3) is 2.47. The fourth-order valence-electron chi connectivity index (χ4n) is 2.40. The van der Waals surface area contributed by atoms with Gasteiger partial charge in [-0.3, -0.25) is 0 Å². The summed E-state index contributed by atoms with van der Waals surface area (Å²) in [6, 6.07) is 0. The van der Waals surface area contributed by atoms with Crippen molar-refractivity contribution in [2.24, 2.45) is 0 Å². The molecule has 1 saturated heterocycles. The second kappa shape index (κ2) is 6.07. The topological polar surface area (TPSA) is 135 Å².